The van der Waals surface area contributed by atoms with E-state index in [1.807, 2.05) is 6.07 Å². The van der Waals surface area contributed by atoms with Gasteiger partial charge in [0, 0.05) is 44.0 Å². The Bertz CT molecular complexity index is 873. The molecule has 2 aromatic rings. The molecule has 27 heavy (non-hydrogen) atoms. The number of amidine groups is 1. The molecule has 0 spiro atoms. The molecule has 1 unspecified atom stereocenters. The average Bonchev–Trinajstić information content (AvgIpc) is 3.14. The molecule has 1 saturated heterocycles. The molecule has 3 aliphatic rings. The van der Waals surface area contributed by atoms with Crippen LogP contribution in [0.5, 0.6) is 0 Å². The van der Waals surface area contributed by atoms with Crippen LogP contribution < -0.4 is 10.2 Å². The Labute approximate surface area is 165 Å². The maximum atomic E-state index is 5.56. The molecule has 138 valence electrons. The van der Waals surface area contributed by atoms with Crippen LogP contribution in [0.15, 0.2) is 59.6 Å². The standard InChI is InChI=1S/C21H23N5S/c27-21-23-19-9-5-4-8-18(19)20-22-16(15-26(20)21)14-24-10-12-25(13-11-24)17-6-2-1-3-7-17/h1-9,16H,10-15H2,(H,23,27). The molecule has 6 heteroatoms. The van der Waals surface area contributed by atoms with Gasteiger partial charge in [-0.3, -0.25) is 9.89 Å². The Hall–Kier alpha value is -2.44. The van der Waals surface area contributed by atoms with Crippen molar-refractivity contribution in [3.05, 3.63) is 60.2 Å². The molecular weight excluding hydrogens is 354 g/mol. The lowest BCUT2D eigenvalue weighted by Gasteiger charge is -2.36. The van der Waals surface area contributed by atoms with Crippen molar-refractivity contribution < 1.29 is 0 Å². The summed E-state index contributed by atoms with van der Waals surface area (Å²) >= 11 is 5.56. The van der Waals surface area contributed by atoms with E-state index in [1.165, 1.54) is 5.69 Å². The first-order chi connectivity index (χ1) is 13.3. The lowest BCUT2D eigenvalue weighted by molar-refractivity contribution is 0.242. The number of anilines is 2. The first kappa shape index (κ1) is 16.7. The second-order valence-corrected chi connectivity index (χ2v) is 7.70. The van der Waals surface area contributed by atoms with Crippen molar-refractivity contribution in [1.82, 2.24) is 9.80 Å². The smallest absolute Gasteiger partial charge is 0.179 e. The molecule has 1 N–H and O–H groups in total. The number of hydrogen-bond acceptors (Lipinski definition) is 4. The quantitative estimate of drug-likeness (QED) is 0.832. The van der Waals surface area contributed by atoms with Crippen LogP contribution in [0.2, 0.25) is 0 Å². The summed E-state index contributed by atoms with van der Waals surface area (Å²) in [7, 11) is 0. The fraction of sp³-hybridized carbons (Fsp3) is 0.333. The van der Waals surface area contributed by atoms with Gasteiger partial charge in [-0.1, -0.05) is 30.3 Å². The summed E-state index contributed by atoms with van der Waals surface area (Å²) in [6.07, 6.45) is 0. The number of aliphatic imine (C=N–C) groups is 1. The minimum Gasteiger partial charge on any atom is -0.369 e. The predicted molar refractivity (Wildman–Crippen MR) is 115 cm³/mol. The predicted octanol–water partition coefficient (Wildman–Crippen LogP) is 2.65. The molecule has 2 aromatic carbocycles. The summed E-state index contributed by atoms with van der Waals surface area (Å²) in [5.74, 6) is 1.03. The van der Waals surface area contributed by atoms with Crippen molar-refractivity contribution in [3.8, 4) is 0 Å². The summed E-state index contributed by atoms with van der Waals surface area (Å²) in [6, 6.07) is 19.2. The van der Waals surface area contributed by atoms with E-state index in [1.54, 1.807) is 0 Å². The number of para-hydroxylation sites is 2. The third-order valence-corrected chi connectivity index (χ3v) is 5.89. The van der Waals surface area contributed by atoms with Crippen LogP contribution in [-0.2, 0) is 0 Å². The Morgan fingerprint density at radius 3 is 2.52 bits per heavy atom. The van der Waals surface area contributed by atoms with E-state index in [0.717, 1.165) is 61.5 Å². The Morgan fingerprint density at radius 2 is 1.70 bits per heavy atom. The molecular formula is C21H23N5S. The lowest BCUT2D eigenvalue weighted by Crippen LogP contribution is -2.49. The Morgan fingerprint density at radius 1 is 0.963 bits per heavy atom. The maximum absolute atomic E-state index is 5.56. The highest BCUT2D eigenvalue weighted by Gasteiger charge is 2.34. The van der Waals surface area contributed by atoms with Gasteiger partial charge in [0.25, 0.3) is 0 Å². The Balaban J connectivity index is 1.25. The molecule has 0 amide bonds. The molecule has 0 aliphatic carbocycles. The molecule has 0 bridgehead atoms. The van der Waals surface area contributed by atoms with E-state index in [0.29, 0.717) is 0 Å². The third kappa shape index (κ3) is 3.19. The van der Waals surface area contributed by atoms with E-state index in [-0.39, 0.29) is 6.04 Å². The van der Waals surface area contributed by atoms with Crippen LogP contribution in [-0.4, -0.2) is 66.1 Å². The third-order valence-electron chi connectivity index (χ3n) is 5.57. The van der Waals surface area contributed by atoms with Crippen LogP contribution in [0.4, 0.5) is 11.4 Å². The van der Waals surface area contributed by atoms with Crippen molar-refractivity contribution in [3.63, 3.8) is 0 Å². The SMILES string of the molecule is S=C1Nc2ccccc2C2=NC(CN3CCN(c4ccccc4)CC3)CN12. The van der Waals surface area contributed by atoms with Crippen LogP contribution >= 0.6 is 12.2 Å². The maximum Gasteiger partial charge on any atom is 0.179 e. The number of thiocarbonyl (C=S) groups is 1. The van der Waals surface area contributed by atoms with Crippen molar-refractivity contribution in [1.29, 1.82) is 0 Å². The number of benzene rings is 2. The summed E-state index contributed by atoms with van der Waals surface area (Å²) in [4.78, 5) is 12.2. The van der Waals surface area contributed by atoms with Crippen molar-refractivity contribution in [2.75, 3.05) is 49.5 Å². The van der Waals surface area contributed by atoms with Crippen LogP contribution in [0.3, 0.4) is 0 Å². The summed E-state index contributed by atoms with van der Waals surface area (Å²) < 4.78 is 0. The minimum atomic E-state index is 0.272. The largest absolute Gasteiger partial charge is 0.369 e. The van der Waals surface area contributed by atoms with E-state index < -0.39 is 0 Å². The van der Waals surface area contributed by atoms with Crippen LogP contribution in [0.25, 0.3) is 0 Å². The zero-order valence-corrected chi connectivity index (χ0v) is 16.0. The van der Waals surface area contributed by atoms with Crippen molar-refractivity contribution >= 4 is 34.5 Å². The number of piperazine rings is 1. The Kier molecular flexibility index (Phi) is 4.30. The topological polar surface area (TPSA) is 34.1 Å². The number of nitrogens with zero attached hydrogens (tertiary/aromatic N) is 4. The number of hydrogen-bond donors (Lipinski definition) is 1. The highest BCUT2D eigenvalue weighted by atomic mass is 32.1. The van der Waals surface area contributed by atoms with Gasteiger partial charge in [0.2, 0.25) is 0 Å². The molecule has 5 rings (SSSR count). The van der Waals surface area contributed by atoms with Crippen molar-refractivity contribution in [2.45, 2.75) is 6.04 Å². The number of rotatable bonds is 3. The van der Waals surface area contributed by atoms with Gasteiger partial charge in [-0.15, -0.1) is 0 Å². The molecule has 3 aliphatic heterocycles. The van der Waals surface area contributed by atoms with E-state index in [4.69, 9.17) is 17.2 Å². The van der Waals surface area contributed by atoms with Gasteiger partial charge < -0.3 is 15.1 Å². The molecule has 0 saturated carbocycles. The van der Waals surface area contributed by atoms with Gasteiger partial charge in [0.05, 0.1) is 18.3 Å². The first-order valence-electron chi connectivity index (χ1n) is 9.56. The van der Waals surface area contributed by atoms with Gasteiger partial charge in [-0.25, -0.2) is 0 Å². The zero-order chi connectivity index (χ0) is 18.2. The van der Waals surface area contributed by atoms with Crippen LogP contribution in [0.1, 0.15) is 5.56 Å². The normalized spacial score (nSPS) is 22.1. The second-order valence-electron chi connectivity index (χ2n) is 7.32. The van der Waals surface area contributed by atoms with Gasteiger partial charge in [0.15, 0.2) is 5.11 Å². The van der Waals surface area contributed by atoms with E-state index in [9.17, 15) is 0 Å². The summed E-state index contributed by atoms with van der Waals surface area (Å²) in [6.45, 7) is 6.16. The average molecular weight is 378 g/mol. The highest BCUT2D eigenvalue weighted by Crippen LogP contribution is 2.28. The van der Waals surface area contributed by atoms with E-state index >= 15 is 0 Å². The monoisotopic (exact) mass is 377 g/mol. The van der Waals surface area contributed by atoms with Gasteiger partial charge in [0.1, 0.15) is 5.84 Å². The minimum absolute atomic E-state index is 0.272. The van der Waals surface area contributed by atoms with Crippen LogP contribution in [0, 0.1) is 0 Å². The fourth-order valence-electron chi connectivity index (χ4n) is 4.17. The summed E-state index contributed by atoms with van der Waals surface area (Å²) in [5.41, 5.74) is 3.54. The highest BCUT2D eigenvalue weighted by molar-refractivity contribution is 7.80. The summed E-state index contributed by atoms with van der Waals surface area (Å²) in [5, 5.41) is 4.10. The van der Waals surface area contributed by atoms with Crippen molar-refractivity contribution in [2.24, 2.45) is 4.99 Å². The molecule has 0 aromatic heterocycles. The molecule has 1 atom stereocenters. The second kappa shape index (κ2) is 6.94. The molecule has 1 fully saturated rings. The fourth-order valence-corrected chi connectivity index (χ4v) is 4.44. The van der Waals surface area contributed by atoms with Gasteiger partial charge >= 0.3 is 0 Å². The zero-order valence-electron chi connectivity index (χ0n) is 15.2. The van der Waals surface area contributed by atoms with Gasteiger partial charge in [-0.2, -0.15) is 0 Å². The number of fused-ring (bicyclic) bond motifs is 3. The van der Waals surface area contributed by atoms with E-state index in [2.05, 4.69) is 68.5 Å². The number of nitrogens with one attached hydrogen (secondary N) is 1. The lowest BCUT2D eigenvalue weighted by atomic mass is 10.1. The molecule has 5 nitrogen and oxygen atoms in total. The molecule has 3 heterocycles. The first-order valence-corrected chi connectivity index (χ1v) is 9.97. The molecule has 0 radical (unpaired) electrons. The van der Waals surface area contributed by atoms with Gasteiger partial charge in [-0.05, 0) is 36.5 Å².